The van der Waals surface area contributed by atoms with E-state index in [1.54, 1.807) is 7.11 Å². The summed E-state index contributed by atoms with van der Waals surface area (Å²) in [6, 6.07) is 14.5. The van der Waals surface area contributed by atoms with Crippen LogP contribution in [0.1, 0.15) is 48.5 Å². The van der Waals surface area contributed by atoms with Gasteiger partial charge >= 0.3 is 0 Å². The number of aromatic nitrogens is 2. The summed E-state index contributed by atoms with van der Waals surface area (Å²) in [5, 5.41) is 5.74. The molecule has 1 aliphatic carbocycles. The molecule has 2 aromatic carbocycles. The van der Waals surface area contributed by atoms with Gasteiger partial charge in [0, 0.05) is 40.1 Å². The van der Waals surface area contributed by atoms with Crippen LogP contribution < -0.4 is 10.1 Å². The molecule has 5 rings (SSSR count). The maximum absolute atomic E-state index is 12.7. The van der Waals surface area contributed by atoms with E-state index in [0.717, 1.165) is 54.6 Å². The van der Waals surface area contributed by atoms with Crippen molar-refractivity contribution in [2.24, 2.45) is 0 Å². The summed E-state index contributed by atoms with van der Waals surface area (Å²) in [4.78, 5) is 19.5. The lowest BCUT2D eigenvalue weighted by Gasteiger charge is -2.24. The number of hydrogen-bond donors (Lipinski definition) is 3. The van der Waals surface area contributed by atoms with Crippen LogP contribution in [0.2, 0.25) is 0 Å². The lowest BCUT2D eigenvalue weighted by molar-refractivity contribution is -0.122. The maximum Gasteiger partial charge on any atom is 0.220 e. The number of hydrogen-bond acceptors (Lipinski definition) is 2. The molecule has 0 saturated heterocycles. The number of H-pyrrole nitrogens is 2. The molecule has 1 aliphatic rings. The lowest BCUT2D eigenvalue weighted by Crippen LogP contribution is -2.30. The van der Waals surface area contributed by atoms with E-state index in [9.17, 15) is 4.79 Å². The zero-order valence-corrected chi connectivity index (χ0v) is 17.3. The Bertz CT molecular complexity index is 1200. The van der Waals surface area contributed by atoms with E-state index in [4.69, 9.17) is 4.74 Å². The largest absolute Gasteiger partial charge is 0.497 e. The number of fused-ring (bicyclic) bond motifs is 4. The molecule has 2 aromatic heterocycles. The second-order valence-electron chi connectivity index (χ2n) is 8.15. The van der Waals surface area contributed by atoms with Crippen LogP contribution in [0.25, 0.3) is 21.8 Å². The molecule has 0 fully saturated rings. The molecule has 30 heavy (non-hydrogen) atoms. The van der Waals surface area contributed by atoms with Crippen molar-refractivity contribution in [2.45, 2.75) is 44.6 Å². The Morgan fingerprint density at radius 2 is 2.07 bits per heavy atom. The fourth-order valence-electron chi connectivity index (χ4n) is 4.76. The summed E-state index contributed by atoms with van der Waals surface area (Å²) < 4.78 is 5.39. The van der Waals surface area contributed by atoms with Crippen LogP contribution in [0.3, 0.4) is 0 Å². The van der Waals surface area contributed by atoms with E-state index in [0.29, 0.717) is 6.42 Å². The summed E-state index contributed by atoms with van der Waals surface area (Å²) in [6.07, 6.45) is 7.45. The van der Waals surface area contributed by atoms with Crippen LogP contribution in [-0.4, -0.2) is 23.0 Å². The molecule has 1 unspecified atom stereocenters. The van der Waals surface area contributed by atoms with E-state index in [-0.39, 0.29) is 11.9 Å². The highest BCUT2D eigenvalue weighted by Gasteiger charge is 2.25. The van der Waals surface area contributed by atoms with Gasteiger partial charge in [0.15, 0.2) is 0 Å². The van der Waals surface area contributed by atoms with Crippen molar-refractivity contribution in [1.82, 2.24) is 15.3 Å². The van der Waals surface area contributed by atoms with E-state index in [1.165, 1.54) is 21.9 Å². The van der Waals surface area contributed by atoms with Crippen molar-refractivity contribution in [1.29, 1.82) is 0 Å². The summed E-state index contributed by atoms with van der Waals surface area (Å²) >= 11 is 0. The molecular formula is C25H27N3O2. The van der Waals surface area contributed by atoms with Gasteiger partial charge in [0.1, 0.15) is 5.75 Å². The highest BCUT2D eigenvalue weighted by atomic mass is 16.5. The van der Waals surface area contributed by atoms with Gasteiger partial charge in [-0.2, -0.15) is 0 Å². The van der Waals surface area contributed by atoms with E-state index in [2.05, 4.69) is 51.8 Å². The average Bonchev–Trinajstić information content (AvgIpc) is 3.35. The molecule has 2 heterocycles. The van der Waals surface area contributed by atoms with Crippen LogP contribution in [-0.2, 0) is 17.6 Å². The van der Waals surface area contributed by atoms with Crippen molar-refractivity contribution in [3.05, 3.63) is 65.5 Å². The topological polar surface area (TPSA) is 69.9 Å². The Kier molecular flexibility index (Phi) is 4.95. The lowest BCUT2D eigenvalue weighted by atomic mass is 9.91. The zero-order valence-electron chi connectivity index (χ0n) is 17.3. The molecule has 0 saturated carbocycles. The number of methoxy groups -OCH3 is 1. The standard InChI is InChI=1S/C25H27N3O2/c1-30-17-12-13-22-20(14-17)19-8-5-10-23(25(19)28-22)27-24(29)11-4-6-16-15-26-21-9-3-2-7-18(16)21/h2-3,7,9,12-15,23,26,28H,4-6,8,10-11H2,1H3,(H,27,29). The van der Waals surface area contributed by atoms with Crippen molar-refractivity contribution in [3.63, 3.8) is 0 Å². The van der Waals surface area contributed by atoms with Gasteiger partial charge in [0.05, 0.1) is 13.2 Å². The number of ether oxygens (including phenoxy) is 1. The number of aryl methyl sites for hydroxylation is 2. The number of benzene rings is 2. The number of amides is 1. The van der Waals surface area contributed by atoms with Crippen LogP contribution in [0.15, 0.2) is 48.7 Å². The molecule has 0 bridgehead atoms. The van der Waals surface area contributed by atoms with Gasteiger partial charge in [-0.3, -0.25) is 4.79 Å². The van der Waals surface area contributed by atoms with Gasteiger partial charge in [-0.25, -0.2) is 0 Å². The molecule has 1 amide bonds. The second kappa shape index (κ2) is 7.90. The summed E-state index contributed by atoms with van der Waals surface area (Å²) in [5.41, 5.74) is 6.03. The Hall–Kier alpha value is -3.21. The summed E-state index contributed by atoms with van der Waals surface area (Å²) in [7, 11) is 1.69. The van der Waals surface area contributed by atoms with Gasteiger partial charge in [-0.05, 0) is 67.5 Å². The number of aromatic amines is 2. The Balaban J connectivity index is 1.25. The van der Waals surface area contributed by atoms with E-state index < -0.39 is 0 Å². The molecule has 1 atom stereocenters. The Labute approximate surface area is 175 Å². The number of carbonyl (C=O) groups is 1. The predicted octanol–water partition coefficient (Wildman–Crippen LogP) is 5.17. The first-order chi connectivity index (χ1) is 14.7. The molecule has 154 valence electrons. The van der Waals surface area contributed by atoms with Crippen LogP contribution in [0, 0.1) is 0 Å². The summed E-state index contributed by atoms with van der Waals surface area (Å²) in [6.45, 7) is 0. The maximum atomic E-state index is 12.7. The monoisotopic (exact) mass is 401 g/mol. The minimum absolute atomic E-state index is 0.0627. The minimum atomic E-state index is 0.0627. The smallest absolute Gasteiger partial charge is 0.220 e. The van der Waals surface area contributed by atoms with E-state index >= 15 is 0 Å². The molecule has 5 heteroatoms. The van der Waals surface area contributed by atoms with Crippen molar-refractivity contribution >= 4 is 27.7 Å². The molecule has 0 aliphatic heterocycles. The third-order valence-corrected chi connectivity index (χ3v) is 6.27. The fraction of sp³-hybridized carbons (Fsp3) is 0.320. The second-order valence-corrected chi connectivity index (χ2v) is 8.15. The third kappa shape index (κ3) is 3.45. The Morgan fingerprint density at radius 1 is 1.17 bits per heavy atom. The van der Waals surface area contributed by atoms with Crippen LogP contribution >= 0.6 is 0 Å². The van der Waals surface area contributed by atoms with Crippen LogP contribution in [0.4, 0.5) is 0 Å². The number of rotatable bonds is 6. The number of para-hydroxylation sites is 1. The van der Waals surface area contributed by atoms with Crippen LogP contribution in [0.5, 0.6) is 5.75 Å². The first-order valence-electron chi connectivity index (χ1n) is 10.8. The van der Waals surface area contributed by atoms with Crippen molar-refractivity contribution in [2.75, 3.05) is 7.11 Å². The Morgan fingerprint density at radius 3 is 2.97 bits per heavy atom. The molecule has 3 N–H and O–H groups in total. The molecule has 0 radical (unpaired) electrons. The SMILES string of the molecule is COc1ccc2[nH]c3c(c2c1)CCCC3NC(=O)CCCc1c[nH]c2ccccc12. The molecular weight excluding hydrogens is 374 g/mol. The van der Waals surface area contributed by atoms with Crippen molar-refractivity contribution < 1.29 is 9.53 Å². The minimum Gasteiger partial charge on any atom is -0.497 e. The predicted molar refractivity (Wildman–Crippen MR) is 120 cm³/mol. The van der Waals surface area contributed by atoms with Gasteiger partial charge in [0.25, 0.3) is 0 Å². The average molecular weight is 402 g/mol. The van der Waals surface area contributed by atoms with Crippen molar-refractivity contribution in [3.8, 4) is 5.75 Å². The quantitative estimate of drug-likeness (QED) is 0.417. The third-order valence-electron chi connectivity index (χ3n) is 6.27. The highest BCUT2D eigenvalue weighted by Crippen LogP contribution is 2.36. The number of carbonyl (C=O) groups excluding carboxylic acids is 1. The first-order valence-corrected chi connectivity index (χ1v) is 10.8. The normalized spacial score (nSPS) is 16.0. The zero-order chi connectivity index (χ0) is 20.5. The van der Waals surface area contributed by atoms with Gasteiger partial charge in [-0.1, -0.05) is 18.2 Å². The molecule has 4 aromatic rings. The number of nitrogens with one attached hydrogen (secondary N) is 3. The fourth-order valence-corrected chi connectivity index (χ4v) is 4.76. The first kappa shape index (κ1) is 18.8. The van der Waals surface area contributed by atoms with Gasteiger partial charge in [0.2, 0.25) is 5.91 Å². The van der Waals surface area contributed by atoms with E-state index in [1.807, 2.05) is 12.1 Å². The van der Waals surface area contributed by atoms with Gasteiger partial charge < -0.3 is 20.0 Å². The molecule has 0 spiro atoms. The molecule has 5 nitrogen and oxygen atoms in total. The summed E-state index contributed by atoms with van der Waals surface area (Å²) in [5.74, 6) is 0.997. The highest BCUT2D eigenvalue weighted by molar-refractivity contribution is 5.87. The van der Waals surface area contributed by atoms with Gasteiger partial charge in [-0.15, -0.1) is 0 Å².